The van der Waals surface area contributed by atoms with E-state index in [0.29, 0.717) is 0 Å². The second-order valence-electron chi connectivity index (χ2n) is 6.64. The summed E-state index contributed by atoms with van der Waals surface area (Å²) in [6.45, 7) is 0. The fourth-order valence-electron chi connectivity index (χ4n) is 3.25. The van der Waals surface area contributed by atoms with E-state index in [0.717, 1.165) is 0 Å². The first-order valence-corrected chi connectivity index (χ1v) is 9.37. The Morgan fingerprint density at radius 2 is 1.16 bits per heavy atom. The van der Waals surface area contributed by atoms with Crippen molar-refractivity contribution in [3.05, 3.63) is 132 Å². The lowest BCUT2D eigenvalue weighted by molar-refractivity contribution is 0.669. The lowest BCUT2D eigenvalue weighted by atomic mass is 9.96. The summed E-state index contributed by atoms with van der Waals surface area (Å²) in [4.78, 5) is 0. The molecule has 0 aliphatic rings. The molecule has 6 rings (SSSR count). The fraction of sp³-hybridized carbons (Fsp3) is 0.0323. The molecule has 1 nitrogen and oxygen atoms in total. The third-order valence-corrected chi connectivity index (χ3v) is 4.68. The summed E-state index contributed by atoms with van der Waals surface area (Å²) in [7, 11) is 0. The van der Waals surface area contributed by atoms with Gasteiger partial charge in [-0.05, 0) is 57.9 Å². The van der Waals surface area contributed by atoms with Gasteiger partial charge in [0.25, 0.3) is 0 Å². The molecule has 0 atom stereocenters. The van der Waals surface area contributed by atoms with E-state index in [-0.39, 0.29) is 21.9 Å². The second kappa shape index (κ2) is 7.86. The van der Waals surface area contributed by atoms with Crippen LogP contribution in [0.2, 0.25) is 0 Å². The molecule has 152 valence electrons. The van der Waals surface area contributed by atoms with Crippen LogP contribution in [0.15, 0.2) is 125 Å². The van der Waals surface area contributed by atoms with Crippen molar-refractivity contribution in [3.8, 4) is 22.3 Å². The van der Waals surface area contributed by atoms with Gasteiger partial charge in [0, 0.05) is 10.8 Å². The van der Waals surface area contributed by atoms with Crippen LogP contribution in [0, 0.1) is 0 Å². The first-order chi connectivity index (χ1) is 24.2. The van der Waals surface area contributed by atoms with Gasteiger partial charge >= 0.3 is 0 Å². The SMILES string of the molecule is [2H]c1c([2H])c([2H])c(-c2c([2H])c([2H])c(Cc3c([2H])c([2H])c([2H])c4oc5c([2H])c([2H])c(-c6c([2H])c([2H])c([2H])c([2H])c6[2H])c([2H])c5c34)c([2H])c2[2H])c([2H])c1[2H]. The second-order valence-corrected chi connectivity index (χ2v) is 6.64. The Morgan fingerprint density at radius 1 is 0.531 bits per heavy atom. The van der Waals surface area contributed by atoms with Gasteiger partial charge in [0.15, 0.2) is 0 Å². The van der Waals surface area contributed by atoms with Crippen LogP contribution in [0.4, 0.5) is 0 Å². The fourth-order valence-corrected chi connectivity index (χ4v) is 3.25. The molecule has 0 saturated carbocycles. The van der Waals surface area contributed by atoms with E-state index in [1.807, 2.05) is 0 Å². The first kappa shape index (κ1) is 7.21. The molecule has 0 aliphatic carbocycles. The Hall–Kier alpha value is -4.10. The quantitative estimate of drug-likeness (QED) is 0.273. The highest BCUT2D eigenvalue weighted by Gasteiger charge is 2.13. The minimum absolute atomic E-state index is 0.250. The summed E-state index contributed by atoms with van der Waals surface area (Å²) in [5.41, 5.74) is -3.81. The smallest absolute Gasteiger partial charge is 0.135 e. The summed E-state index contributed by atoms with van der Waals surface area (Å²) in [6.07, 6.45) is -0.675. The van der Waals surface area contributed by atoms with Crippen molar-refractivity contribution in [3.63, 3.8) is 0 Å². The normalized spacial score (nSPS) is 20.0. The van der Waals surface area contributed by atoms with Gasteiger partial charge < -0.3 is 4.42 Å². The van der Waals surface area contributed by atoms with Crippen LogP contribution in [0.5, 0.6) is 0 Å². The number of rotatable bonds is 4. The number of furan rings is 1. The van der Waals surface area contributed by atoms with Crippen molar-refractivity contribution < 1.29 is 31.8 Å². The largest absolute Gasteiger partial charge is 0.456 e. The monoisotopic (exact) mass is 430 g/mol. The maximum Gasteiger partial charge on any atom is 0.135 e. The predicted octanol–water partition coefficient (Wildman–Crippen LogP) is 8.51. The van der Waals surface area contributed by atoms with Crippen LogP contribution in [-0.2, 0) is 6.42 Å². The van der Waals surface area contributed by atoms with Crippen molar-refractivity contribution in [2.24, 2.45) is 0 Å². The van der Waals surface area contributed by atoms with Gasteiger partial charge in [-0.3, -0.25) is 0 Å². The summed E-state index contributed by atoms with van der Waals surface area (Å²) >= 11 is 0. The lowest BCUT2D eigenvalue weighted by Gasteiger charge is -2.07. The third kappa shape index (κ3) is 3.38. The Labute approximate surface area is 215 Å². The molecule has 0 spiro atoms. The topological polar surface area (TPSA) is 13.1 Å². The molecule has 0 radical (unpaired) electrons. The average Bonchev–Trinajstić information content (AvgIpc) is 3.52. The van der Waals surface area contributed by atoms with E-state index in [1.54, 1.807) is 0 Å². The molecule has 0 amide bonds. The number of hydrogen-bond acceptors (Lipinski definition) is 1. The van der Waals surface area contributed by atoms with Crippen molar-refractivity contribution in [1.29, 1.82) is 0 Å². The minimum Gasteiger partial charge on any atom is -0.456 e. The molecule has 1 aromatic heterocycles. The zero-order valence-corrected chi connectivity index (χ0v) is 16.1. The molecule has 5 aromatic carbocycles. The molecule has 0 bridgehead atoms. The Kier molecular flexibility index (Phi) is 1.77. The van der Waals surface area contributed by atoms with E-state index in [9.17, 15) is 0 Å². The van der Waals surface area contributed by atoms with Gasteiger partial charge in [-0.2, -0.15) is 0 Å². The molecule has 6 aromatic rings. The van der Waals surface area contributed by atoms with Crippen molar-refractivity contribution >= 4 is 21.9 Å². The summed E-state index contributed by atoms with van der Waals surface area (Å²) < 4.78 is 175. The maximum atomic E-state index is 9.16. The van der Waals surface area contributed by atoms with E-state index < -0.39 is 161 Å². The lowest BCUT2D eigenvalue weighted by Crippen LogP contribution is -1.89. The van der Waals surface area contributed by atoms with Gasteiger partial charge in [-0.25, -0.2) is 0 Å². The van der Waals surface area contributed by atoms with Crippen LogP contribution in [-0.4, -0.2) is 0 Å². The molecule has 0 saturated heterocycles. The zero-order chi connectivity index (χ0) is 38.7. The van der Waals surface area contributed by atoms with Crippen LogP contribution < -0.4 is 0 Å². The van der Waals surface area contributed by atoms with Gasteiger partial charge in [-0.15, -0.1) is 0 Å². The Bertz CT molecular complexity index is 2520. The van der Waals surface area contributed by atoms with Gasteiger partial charge in [0.05, 0.1) is 27.4 Å². The van der Waals surface area contributed by atoms with Crippen LogP contribution in [0.25, 0.3) is 44.2 Å². The van der Waals surface area contributed by atoms with Crippen molar-refractivity contribution in [2.75, 3.05) is 0 Å². The summed E-state index contributed by atoms with van der Waals surface area (Å²) in [6, 6.07) is -14.8. The Balaban J connectivity index is 1.71. The van der Waals surface area contributed by atoms with Crippen LogP contribution >= 0.6 is 0 Å². The van der Waals surface area contributed by atoms with E-state index in [1.165, 1.54) is 0 Å². The average molecular weight is 431 g/mol. The van der Waals surface area contributed by atoms with Gasteiger partial charge in [-0.1, -0.05) is 103 Å². The van der Waals surface area contributed by atoms with Crippen LogP contribution in [0.3, 0.4) is 0 Å². The number of hydrogen-bond donors (Lipinski definition) is 0. The molecular weight excluding hydrogens is 388 g/mol. The highest BCUT2D eigenvalue weighted by molar-refractivity contribution is 6.08. The molecular formula is C31H22O. The molecule has 0 fully saturated rings. The van der Waals surface area contributed by atoms with Gasteiger partial charge in [0.2, 0.25) is 0 Å². The predicted molar refractivity (Wildman–Crippen MR) is 134 cm³/mol. The van der Waals surface area contributed by atoms with E-state index >= 15 is 0 Å². The third-order valence-electron chi connectivity index (χ3n) is 4.68. The summed E-state index contributed by atoms with van der Waals surface area (Å²) in [5.74, 6) is 0. The first-order valence-electron chi connectivity index (χ1n) is 19.4. The molecule has 0 unspecified atom stereocenters. The minimum atomic E-state index is -0.783. The zero-order valence-electron chi connectivity index (χ0n) is 36.1. The molecule has 32 heavy (non-hydrogen) atoms. The Morgan fingerprint density at radius 3 is 1.88 bits per heavy atom. The number of benzene rings is 5. The molecule has 0 aliphatic heterocycles. The highest BCUT2D eigenvalue weighted by Crippen LogP contribution is 2.35. The van der Waals surface area contributed by atoms with Crippen LogP contribution in [0.1, 0.15) is 38.5 Å². The summed E-state index contributed by atoms with van der Waals surface area (Å²) in [5, 5.41) is -0.583. The number of fused-ring (bicyclic) bond motifs is 3. The van der Waals surface area contributed by atoms with Crippen molar-refractivity contribution in [1.82, 2.24) is 0 Å². The van der Waals surface area contributed by atoms with Crippen molar-refractivity contribution in [2.45, 2.75) is 6.42 Å². The maximum absolute atomic E-state index is 9.16. The molecule has 1 heterocycles. The highest BCUT2D eigenvalue weighted by atomic mass is 16.3. The van der Waals surface area contributed by atoms with E-state index in [4.69, 9.17) is 31.8 Å². The molecule has 1 heteroatoms. The van der Waals surface area contributed by atoms with E-state index in [2.05, 4.69) is 0 Å². The van der Waals surface area contributed by atoms with Gasteiger partial charge in [0.1, 0.15) is 11.2 Å². The standard InChI is InChI=1S/C31H22O/c1-3-8-23(9-4-1)25-16-14-22(15-17-25)20-27-12-7-13-30-31(27)28-21-26(18-19-29(28)32-30)24-10-5-2-6-11-24/h1-19,21H,20H2/i1D,2D,3D,4D,5D,6D,7D,8D,9D,10D,11D,12D,13D,14D,15D,16D,17D,18D,19D,21D. The molecule has 0 N–H and O–H groups in total.